The van der Waals surface area contributed by atoms with E-state index in [0.717, 1.165) is 51.5 Å². The zero-order valence-corrected chi connectivity index (χ0v) is 18.0. The van der Waals surface area contributed by atoms with Gasteiger partial charge in [-0.2, -0.15) is 0 Å². The molecule has 2 saturated heterocycles. The van der Waals surface area contributed by atoms with E-state index in [4.69, 9.17) is 9.73 Å². The molecule has 2 N–H and O–H groups in total. The number of nitrogens with one attached hydrogen (secondary N) is 2. The molecule has 1 aromatic heterocycles. The van der Waals surface area contributed by atoms with Crippen molar-refractivity contribution in [1.29, 1.82) is 0 Å². The molecular formula is C21H36N4OS. The van der Waals surface area contributed by atoms with Gasteiger partial charge >= 0.3 is 0 Å². The monoisotopic (exact) mass is 392 g/mol. The summed E-state index contributed by atoms with van der Waals surface area (Å²) < 4.78 is 5.67. The molecule has 0 aromatic carbocycles. The van der Waals surface area contributed by atoms with Gasteiger partial charge in [-0.1, -0.05) is 0 Å². The SMILES string of the molecule is CCNC(=NCC1(N2CCCC2)CCOCC1)NC(C)Cc1ccc(C)s1. The first-order valence-electron chi connectivity index (χ1n) is 10.5. The number of ether oxygens (including phenoxy) is 1. The van der Waals surface area contributed by atoms with E-state index < -0.39 is 0 Å². The number of hydrogen-bond donors (Lipinski definition) is 2. The maximum Gasteiger partial charge on any atom is 0.191 e. The first kappa shape index (κ1) is 20.6. The van der Waals surface area contributed by atoms with Gasteiger partial charge in [-0.05, 0) is 71.7 Å². The van der Waals surface area contributed by atoms with Crippen LogP contribution in [0.15, 0.2) is 17.1 Å². The zero-order chi connectivity index (χ0) is 19.1. The molecule has 5 nitrogen and oxygen atoms in total. The van der Waals surface area contributed by atoms with Gasteiger partial charge in [-0.3, -0.25) is 9.89 Å². The van der Waals surface area contributed by atoms with Crippen LogP contribution in [0, 0.1) is 6.92 Å². The summed E-state index contributed by atoms with van der Waals surface area (Å²) in [6, 6.07) is 4.81. The van der Waals surface area contributed by atoms with E-state index in [2.05, 4.69) is 48.4 Å². The number of aliphatic imine (C=N–C) groups is 1. The molecule has 1 unspecified atom stereocenters. The average Bonchev–Trinajstić information content (AvgIpc) is 3.33. The highest BCUT2D eigenvalue weighted by atomic mass is 32.1. The zero-order valence-electron chi connectivity index (χ0n) is 17.2. The Labute approximate surface area is 168 Å². The van der Waals surface area contributed by atoms with E-state index in [-0.39, 0.29) is 5.54 Å². The second kappa shape index (κ2) is 9.89. The van der Waals surface area contributed by atoms with Crippen molar-refractivity contribution in [3.63, 3.8) is 0 Å². The minimum absolute atomic E-state index is 0.186. The van der Waals surface area contributed by atoms with Gasteiger partial charge in [0, 0.05) is 47.5 Å². The van der Waals surface area contributed by atoms with Crippen molar-refractivity contribution in [2.75, 3.05) is 39.4 Å². The number of nitrogens with zero attached hydrogens (tertiary/aromatic N) is 2. The molecule has 2 aliphatic heterocycles. The minimum atomic E-state index is 0.186. The standard InChI is InChI=1S/C21H36N4OS/c1-4-22-20(24-17(2)15-19-8-7-18(3)27-19)23-16-21(9-13-26-14-10-21)25-11-5-6-12-25/h7-8,17H,4-6,9-16H2,1-3H3,(H2,22,23,24). The Balaban J connectivity index is 1.63. The van der Waals surface area contributed by atoms with Crippen molar-refractivity contribution in [2.45, 2.75) is 64.5 Å². The molecule has 0 radical (unpaired) electrons. The first-order valence-corrected chi connectivity index (χ1v) is 11.4. The van der Waals surface area contributed by atoms with Crippen LogP contribution < -0.4 is 10.6 Å². The van der Waals surface area contributed by atoms with Crippen LogP contribution in [0.1, 0.15) is 49.3 Å². The van der Waals surface area contributed by atoms with Gasteiger partial charge < -0.3 is 15.4 Å². The van der Waals surface area contributed by atoms with Crippen LogP contribution in [-0.4, -0.2) is 61.8 Å². The highest BCUT2D eigenvalue weighted by Crippen LogP contribution is 2.31. The number of rotatable bonds is 7. The highest BCUT2D eigenvalue weighted by molar-refractivity contribution is 7.11. The molecule has 0 spiro atoms. The van der Waals surface area contributed by atoms with Crippen LogP contribution in [0.5, 0.6) is 0 Å². The Hall–Kier alpha value is -1.11. The third kappa shape index (κ3) is 5.69. The lowest BCUT2D eigenvalue weighted by Gasteiger charge is -2.43. The van der Waals surface area contributed by atoms with Crippen molar-refractivity contribution < 1.29 is 4.74 Å². The predicted molar refractivity (Wildman–Crippen MR) is 115 cm³/mol. The van der Waals surface area contributed by atoms with Crippen LogP contribution >= 0.6 is 11.3 Å². The molecule has 3 rings (SSSR count). The molecule has 1 atom stereocenters. The topological polar surface area (TPSA) is 48.9 Å². The van der Waals surface area contributed by atoms with Crippen LogP contribution in [0.2, 0.25) is 0 Å². The molecule has 2 fully saturated rings. The number of likely N-dealkylation sites (tertiary alicyclic amines) is 1. The van der Waals surface area contributed by atoms with E-state index in [0.29, 0.717) is 6.04 Å². The average molecular weight is 393 g/mol. The van der Waals surface area contributed by atoms with E-state index >= 15 is 0 Å². The van der Waals surface area contributed by atoms with Gasteiger partial charge in [0.15, 0.2) is 5.96 Å². The molecule has 3 heterocycles. The van der Waals surface area contributed by atoms with Crippen LogP contribution in [0.3, 0.4) is 0 Å². The van der Waals surface area contributed by atoms with E-state index in [9.17, 15) is 0 Å². The van der Waals surface area contributed by atoms with Crippen LogP contribution in [-0.2, 0) is 11.2 Å². The Bertz CT molecular complexity index is 603. The third-order valence-electron chi connectivity index (χ3n) is 5.76. The van der Waals surface area contributed by atoms with Crippen molar-refractivity contribution >= 4 is 17.3 Å². The van der Waals surface area contributed by atoms with E-state index in [1.54, 1.807) is 0 Å². The lowest BCUT2D eigenvalue weighted by molar-refractivity contribution is -0.0139. The summed E-state index contributed by atoms with van der Waals surface area (Å²) in [6.07, 6.45) is 5.87. The predicted octanol–water partition coefficient (Wildman–Crippen LogP) is 3.19. The van der Waals surface area contributed by atoms with E-state index in [1.807, 2.05) is 11.3 Å². The van der Waals surface area contributed by atoms with Gasteiger partial charge in [-0.15, -0.1) is 11.3 Å². The summed E-state index contributed by atoms with van der Waals surface area (Å²) in [5, 5.41) is 7.06. The summed E-state index contributed by atoms with van der Waals surface area (Å²) in [5.41, 5.74) is 0.186. The summed E-state index contributed by atoms with van der Waals surface area (Å²) in [7, 11) is 0. The molecule has 0 bridgehead atoms. The van der Waals surface area contributed by atoms with Crippen molar-refractivity contribution in [1.82, 2.24) is 15.5 Å². The van der Waals surface area contributed by atoms with Gasteiger partial charge in [-0.25, -0.2) is 0 Å². The fraction of sp³-hybridized carbons (Fsp3) is 0.762. The lowest BCUT2D eigenvalue weighted by atomic mass is 9.88. The minimum Gasteiger partial charge on any atom is -0.381 e. The number of guanidine groups is 1. The molecule has 0 saturated carbocycles. The highest BCUT2D eigenvalue weighted by Gasteiger charge is 2.39. The summed E-state index contributed by atoms with van der Waals surface area (Å²) >= 11 is 1.89. The normalized spacial score (nSPS) is 22.0. The first-order chi connectivity index (χ1) is 13.1. The second-order valence-corrected chi connectivity index (χ2v) is 9.36. The molecule has 152 valence electrons. The van der Waals surface area contributed by atoms with Gasteiger partial charge in [0.05, 0.1) is 6.54 Å². The molecule has 27 heavy (non-hydrogen) atoms. The summed E-state index contributed by atoms with van der Waals surface area (Å²) in [4.78, 5) is 10.5. The quantitative estimate of drug-likeness (QED) is 0.553. The van der Waals surface area contributed by atoms with Crippen molar-refractivity contribution in [3.8, 4) is 0 Å². The molecule has 2 aliphatic rings. The fourth-order valence-corrected chi connectivity index (χ4v) is 5.26. The number of aryl methyl sites for hydroxylation is 1. The molecule has 1 aromatic rings. The second-order valence-electron chi connectivity index (χ2n) is 7.99. The smallest absolute Gasteiger partial charge is 0.191 e. The van der Waals surface area contributed by atoms with Crippen LogP contribution in [0.4, 0.5) is 0 Å². The van der Waals surface area contributed by atoms with E-state index in [1.165, 1.54) is 35.7 Å². The fourth-order valence-electron chi connectivity index (χ4n) is 4.24. The Kier molecular flexibility index (Phi) is 7.56. The van der Waals surface area contributed by atoms with Crippen molar-refractivity contribution in [3.05, 3.63) is 21.9 Å². The molecule has 0 amide bonds. The molecule has 6 heteroatoms. The number of thiophene rings is 1. The van der Waals surface area contributed by atoms with Gasteiger partial charge in [0.25, 0.3) is 0 Å². The maximum atomic E-state index is 5.67. The Morgan fingerprint density at radius 3 is 2.67 bits per heavy atom. The van der Waals surface area contributed by atoms with Crippen molar-refractivity contribution in [2.24, 2.45) is 4.99 Å². The maximum absolute atomic E-state index is 5.67. The summed E-state index contributed by atoms with van der Waals surface area (Å²) in [6.45, 7) is 12.5. The van der Waals surface area contributed by atoms with Gasteiger partial charge in [0.2, 0.25) is 0 Å². The third-order valence-corrected chi connectivity index (χ3v) is 6.79. The Morgan fingerprint density at radius 1 is 1.30 bits per heavy atom. The number of hydrogen-bond acceptors (Lipinski definition) is 4. The largest absolute Gasteiger partial charge is 0.381 e. The lowest BCUT2D eigenvalue weighted by Crippen LogP contribution is -2.54. The Morgan fingerprint density at radius 2 is 2.04 bits per heavy atom. The van der Waals surface area contributed by atoms with Crippen LogP contribution in [0.25, 0.3) is 0 Å². The van der Waals surface area contributed by atoms with Gasteiger partial charge in [0.1, 0.15) is 0 Å². The summed E-state index contributed by atoms with van der Waals surface area (Å²) in [5.74, 6) is 0.948. The molecule has 0 aliphatic carbocycles. The molecular weight excluding hydrogens is 356 g/mol.